The van der Waals surface area contributed by atoms with Crippen molar-refractivity contribution in [3.63, 3.8) is 0 Å². The van der Waals surface area contributed by atoms with Gasteiger partial charge >= 0.3 is 0 Å². The first-order valence-electron chi connectivity index (χ1n) is 9.72. The fraction of sp³-hybridized carbons (Fsp3) is 0.476. The van der Waals surface area contributed by atoms with E-state index in [2.05, 4.69) is 20.2 Å². The summed E-state index contributed by atoms with van der Waals surface area (Å²) in [6.45, 7) is 3.58. The summed E-state index contributed by atoms with van der Waals surface area (Å²) in [4.78, 5) is 23.9. The fourth-order valence-corrected chi connectivity index (χ4v) is 4.42. The van der Waals surface area contributed by atoms with E-state index in [1.165, 1.54) is 0 Å². The summed E-state index contributed by atoms with van der Waals surface area (Å²) in [5.41, 5.74) is -0.963. The van der Waals surface area contributed by atoms with Crippen molar-refractivity contribution < 1.29 is 9.53 Å². The van der Waals surface area contributed by atoms with E-state index in [4.69, 9.17) is 16.3 Å². The summed E-state index contributed by atoms with van der Waals surface area (Å²) in [5.74, 6) is 1.47. The largest absolute Gasteiger partial charge is 0.478 e. The summed E-state index contributed by atoms with van der Waals surface area (Å²) in [6.07, 6.45) is 9.33. The SMILES string of the molecule is CC(C)(Oc1ccc(Cl)cc1)C(=O)NC1CC2CCC(C1)N2c1cnccn1. The van der Waals surface area contributed by atoms with Gasteiger partial charge in [0.1, 0.15) is 11.6 Å². The molecule has 2 atom stereocenters. The Balaban J connectivity index is 1.38. The highest BCUT2D eigenvalue weighted by Gasteiger charge is 2.43. The third kappa shape index (κ3) is 3.92. The van der Waals surface area contributed by atoms with Gasteiger partial charge in [-0.2, -0.15) is 0 Å². The van der Waals surface area contributed by atoms with Gasteiger partial charge in [-0.3, -0.25) is 9.78 Å². The average molecular weight is 401 g/mol. The minimum atomic E-state index is -0.963. The number of rotatable bonds is 5. The van der Waals surface area contributed by atoms with Gasteiger partial charge in [0, 0.05) is 35.5 Å². The van der Waals surface area contributed by atoms with Crippen LogP contribution in [0.25, 0.3) is 0 Å². The van der Waals surface area contributed by atoms with Gasteiger partial charge in [0.2, 0.25) is 0 Å². The van der Waals surface area contributed by atoms with Crippen LogP contribution in [0.1, 0.15) is 39.5 Å². The standard InChI is InChI=1S/C21H25ClN4O2/c1-21(2,28-18-7-3-14(22)4-8-18)20(27)25-15-11-16-5-6-17(12-15)26(16)19-13-23-9-10-24-19/h3-4,7-10,13,15-17H,5-6,11-12H2,1-2H3,(H,25,27). The number of nitrogens with one attached hydrogen (secondary N) is 1. The topological polar surface area (TPSA) is 67.3 Å². The molecular weight excluding hydrogens is 376 g/mol. The molecule has 1 aromatic carbocycles. The lowest BCUT2D eigenvalue weighted by molar-refractivity contribution is -0.135. The summed E-state index contributed by atoms with van der Waals surface area (Å²) < 4.78 is 5.92. The molecule has 4 rings (SSSR count). The molecule has 2 aromatic rings. The molecule has 0 spiro atoms. The van der Waals surface area contributed by atoms with Gasteiger partial charge in [-0.05, 0) is 63.8 Å². The maximum absolute atomic E-state index is 12.9. The first kappa shape index (κ1) is 19.0. The van der Waals surface area contributed by atoms with Crippen molar-refractivity contribution in [2.75, 3.05) is 4.90 Å². The molecule has 2 bridgehead atoms. The van der Waals surface area contributed by atoms with Gasteiger partial charge in [-0.25, -0.2) is 4.98 Å². The second-order valence-electron chi connectivity index (χ2n) is 8.06. The fourth-order valence-electron chi connectivity index (χ4n) is 4.30. The number of halogens is 1. The van der Waals surface area contributed by atoms with E-state index in [9.17, 15) is 4.79 Å². The molecular formula is C21H25ClN4O2. The third-order valence-electron chi connectivity index (χ3n) is 5.62. The highest BCUT2D eigenvalue weighted by atomic mass is 35.5. The molecule has 7 heteroatoms. The molecule has 148 valence electrons. The molecule has 0 saturated carbocycles. The number of carbonyl (C=O) groups is 1. The zero-order valence-corrected chi connectivity index (χ0v) is 16.9. The van der Waals surface area contributed by atoms with Crippen LogP contribution in [-0.4, -0.2) is 39.6 Å². The number of hydrogen-bond acceptors (Lipinski definition) is 5. The maximum Gasteiger partial charge on any atom is 0.263 e. The van der Waals surface area contributed by atoms with Gasteiger partial charge < -0.3 is 15.0 Å². The molecule has 6 nitrogen and oxygen atoms in total. The van der Waals surface area contributed by atoms with Gasteiger partial charge in [-0.15, -0.1) is 0 Å². The van der Waals surface area contributed by atoms with Gasteiger partial charge in [0.05, 0.1) is 6.20 Å². The second-order valence-corrected chi connectivity index (χ2v) is 8.50. The van der Waals surface area contributed by atoms with Crippen LogP contribution in [0.5, 0.6) is 5.75 Å². The normalized spacial score (nSPS) is 24.1. The Morgan fingerprint density at radius 1 is 1.18 bits per heavy atom. The van der Waals surface area contributed by atoms with E-state index in [1.807, 2.05) is 6.20 Å². The van der Waals surface area contributed by atoms with Crippen LogP contribution in [0.15, 0.2) is 42.9 Å². The zero-order valence-electron chi connectivity index (χ0n) is 16.1. The average Bonchev–Trinajstić information content (AvgIpc) is 2.95. The van der Waals surface area contributed by atoms with Crippen LogP contribution < -0.4 is 15.0 Å². The first-order chi connectivity index (χ1) is 13.4. The number of amides is 1. The van der Waals surface area contributed by atoms with Gasteiger partial charge in [0.15, 0.2) is 5.60 Å². The molecule has 2 unspecified atom stereocenters. The summed E-state index contributed by atoms with van der Waals surface area (Å²) in [7, 11) is 0. The number of aromatic nitrogens is 2. The molecule has 0 radical (unpaired) electrons. The molecule has 2 fully saturated rings. The Hall–Kier alpha value is -2.34. The van der Waals surface area contributed by atoms with Crippen molar-refractivity contribution in [3.8, 4) is 5.75 Å². The minimum absolute atomic E-state index is 0.0974. The van der Waals surface area contributed by atoms with Crippen LogP contribution in [0.3, 0.4) is 0 Å². The smallest absolute Gasteiger partial charge is 0.263 e. The van der Waals surface area contributed by atoms with E-state index in [0.29, 0.717) is 22.9 Å². The molecule has 2 aliphatic rings. The summed E-state index contributed by atoms with van der Waals surface area (Å²) >= 11 is 5.92. The van der Waals surface area contributed by atoms with Crippen molar-refractivity contribution in [1.29, 1.82) is 0 Å². The van der Waals surface area contributed by atoms with E-state index in [0.717, 1.165) is 31.5 Å². The second kappa shape index (κ2) is 7.59. The Morgan fingerprint density at radius 3 is 2.46 bits per heavy atom. The number of nitrogens with zero attached hydrogens (tertiary/aromatic N) is 3. The third-order valence-corrected chi connectivity index (χ3v) is 5.87. The van der Waals surface area contributed by atoms with Gasteiger partial charge in [-0.1, -0.05) is 11.6 Å². The predicted molar refractivity (Wildman–Crippen MR) is 109 cm³/mol. The Bertz CT molecular complexity index is 814. The molecule has 1 N–H and O–H groups in total. The number of piperidine rings is 1. The predicted octanol–water partition coefficient (Wildman–Crippen LogP) is 3.60. The number of anilines is 1. The number of ether oxygens (including phenoxy) is 1. The highest BCUT2D eigenvalue weighted by molar-refractivity contribution is 6.30. The molecule has 2 saturated heterocycles. The molecule has 28 heavy (non-hydrogen) atoms. The Kier molecular flexibility index (Phi) is 5.15. The lowest BCUT2D eigenvalue weighted by Crippen LogP contribution is -2.55. The maximum atomic E-state index is 12.9. The van der Waals surface area contributed by atoms with E-state index in [1.54, 1.807) is 50.5 Å². The van der Waals surface area contributed by atoms with Crippen molar-refractivity contribution >= 4 is 23.3 Å². The monoisotopic (exact) mass is 400 g/mol. The van der Waals surface area contributed by atoms with Crippen molar-refractivity contribution in [2.45, 2.75) is 63.3 Å². The van der Waals surface area contributed by atoms with Crippen molar-refractivity contribution in [3.05, 3.63) is 47.9 Å². The van der Waals surface area contributed by atoms with Crippen molar-refractivity contribution in [2.24, 2.45) is 0 Å². The number of carbonyl (C=O) groups excluding carboxylic acids is 1. The van der Waals surface area contributed by atoms with Gasteiger partial charge in [0.25, 0.3) is 5.91 Å². The number of fused-ring (bicyclic) bond motifs is 2. The number of hydrogen-bond donors (Lipinski definition) is 1. The lowest BCUT2D eigenvalue weighted by Gasteiger charge is -2.40. The summed E-state index contributed by atoms with van der Waals surface area (Å²) in [6, 6.07) is 7.98. The lowest BCUT2D eigenvalue weighted by atomic mass is 9.96. The van der Waals surface area contributed by atoms with E-state index >= 15 is 0 Å². The zero-order chi connectivity index (χ0) is 19.7. The van der Waals surface area contributed by atoms with Crippen LogP contribution >= 0.6 is 11.6 Å². The summed E-state index contributed by atoms with van der Waals surface area (Å²) in [5, 5.41) is 3.85. The van der Waals surface area contributed by atoms with E-state index in [-0.39, 0.29) is 11.9 Å². The Labute approximate surface area is 170 Å². The quantitative estimate of drug-likeness (QED) is 0.830. The van der Waals surface area contributed by atoms with Crippen LogP contribution in [-0.2, 0) is 4.79 Å². The van der Waals surface area contributed by atoms with Crippen molar-refractivity contribution in [1.82, 2.24) is 15.3 Å². The first-order valence-corrected chi connectivity index (χ1v) is 10.1. The molecule has 0 aliphatic carbocycles. The molecule has 1 aromatic heterocycles. The number of benzene rings is 1. The van der Waals surface area contributed by atoms with Crippen LogP contribution in [0.2, 0.25) is 5.02 Å². The molecule has 1 amide bonds. The Morgan fingerprint density at radius 2 is 1.86 bits per heavy atom. The molecule has 3 heterocycles. The van der Waals surface area contributed by atoms with E-state index < -0.39 is 5.60 Å². The van der Waals surface area contributed by atoms with Crippen LogP contribution in [0.4, 0.5) is 5.82 Å². The minimum Gasteiger partial charge on any atom is -0.478 e. The van der Waals surface area contributed by atoms with Crippen LogP contribution in [0, 0.1) is 0 Å². The molecule has 2 aliphatic heterocycles. The highest BCUT2D eigenvalue weighted by Crippen LogP contribution is 2.38.